The highest BCUT2D eigenvalue weighted by Gasteiger charge is 2.59. The van der Waals surface area contributed by atoms with Crippen molar-refractivity contribution in [2.24, 2.45) is 29.1 Å². The number of esters is 1. The van der Waals surface area contributed by atoms with Gasteiger partial charge < -0.3 is 9.84 Å². The van der Waals surface area contributed by atoms with Gasteiger partial charge in [-0.2, -0.15) is 0 Å². The van der Waals surface area contributed by atoms with Gasteiger partial charge in [0.15, 0.2) is 5.78 Å². The van der Waals surface area contributed by atoms with Crippen LogP contribution in [0.15, 0.2) is 11.8 Å². The second-order valence-corrected chi connectivity index (χ2v) is 8.98. The van der Waals surface area contributed by atoms with E-state index in [0.717, 1.165) is 38.4 Å². The summed E-state index contributed by atoms with van der Waals surface area (Å²) in [7, 11) is 0. The lowest BCUT2D eigenvalue weighted by atomic mass is 9.45. The van der Waals surface area contributed by atoms with Crippen molar-refractivity contribution in [1.82, 2.24) is 0 Å². The number of rotatable bonds is 0. The van der Waals surface area contributed by atoms with E-state index >= 15 is 0 Å². The average molecular weight is 332 g/mol. The van der Waals surface area contributed by atoms with Gasteiger partial charge in [0, 0.05) is 24.3 Å². The zero-order valence-corrected chi connectivity index (χ0v) is 14.7. The van der Waals surface area contributed by atoms with Crippen LogP contribution in [0.25, 0.3) is 0 Å². The molecular weight excluding hydrogens is 304 g/mol. The first-order chi connectivity index (χ1) is 11.4. The van der Waals surface area contributed by atoms with Gasteiger partial charge in [0.2, 0.25) is 0 Å². The summed E-state index contributed by atoms with van der Waals surface area (Å²) in [5.41, 5.74) is 0.409. The summed E-state index contributed by atoms with van der Waals surface area (Å²) in [4.78, 5) is 24.0. The van der Waals surface area contributed by atoms with Gasteiger partial charge in [-0.05, 0) is 68.6 Å². The van der Waals surface area contributed by atoms with E-state index in [9.17, 15) is 14.7 Å². The fraction of sp³-hybridized carbons (Fsp3) is 0.800. The maximum Gasteiger partial charge on any atom is 0.306 e. The number of hydrogen-bond acceptors (Lipinski definition) is 4. The molecule has 0 aromatic heterocycles. The standard InChI is InChI=1S/C20H28O4/c1-19-10-12(11-21)17(22)9-13(19)3-4-14-15(19)7-8-20(2)16(14)5-6-18(23)24-20/h11,13-16,21H,3-10H2,1-2H3/b12-11-. The van der Waals surface area contributed by atoms with Gasteiger partial charge in [-0.3, -0.25) is 9.59 Å². The molecule has 4 fully saturated rings. The molecule has 3 aliphatic carbocycles. The molecule has 0 bridgehead atoms. The molecule has 0 spiro atoms. The third-order valence-corrected chi connectivity index (χ3v) is 7.92. The van der Waals surface area contributed by atoms with Gasteiger partial charge >= 0.3 is 5.97 Å². The van der Waals surface area contributed by atoms with Gasteiger partial charge in [-0.15, -0.1) is 0 Å². The van der Waals surface area contributed by atoms with E-state index in [4.69, 9.17) is 4.74 Å². The molecule has 4 rings (SSSR count). The number of ether oxygens (including phenoxy) is 1. The molecule has 4 heteroatoms. The summed E-state index contributed by atoms with van der Waals surface area (Å²) in [6.07, 6.45) is 8.05. The quantitative estimate of drug-likeness (QED) is 0.414. The molecule has 24 heavy (non-hydrogen) atoms. The molecule has 0 aromatic carbocycles. The Bertz CT molecular complexity index is 609. The molecule has 0 amide bonds. The molecule has 3 saturated carbocycles. The predicted octanol–water partition coefficient (Wildman–Crippen LogP) is 3.95. The molecule has 1 aliphatic heterocycles. The minimum Gasteiger partial charge on any atom is -0.515 e. The molecule has 6 atom stereocenters. The SMILES string of the molecule is CC12CCC3C(CCC4CC(=O)/C(=C\O)CC43C)C1CCC(=O)O2. The first-order valence-electron chi connectivity index (χ1n) is 9.46. The highest BCUT2D eigenvalue weighted by Crippen LogP contribution is 2.63. The minimum atomic E-state index is -0.292. The van der Waals surface area contributed by atoms with Crippen LogP contribution in [0.1, 0.15) is 65.2 Å². The molecule has 1 N–H and O–H groups in total. The van der Waals surface area contributed by atoms with E-state index in [1.165, 1.54) is 0 Å². The number of Topliss-reactive ketones (excluding diaryl/α,β-unsaturated/α-hetero) is 1. The first kappa shape index (κ1) is 16.2. The van der Waals surface area contributed by atoms with Crippen molar-refractivity contribution < 1.29 is 19.4 Å². The lowest BCUT2D eigenvalue weighted by Crippen LogP contribution is -2.58. The lowest BCUT2D eigenvalue weighted by molar-refractivity contribution is -0.201. The van der Waals surface area contributed by atoms with Gasteiger partial charge in [-0.1, -0.05) is 6.92 Å². The number of carbonyl (C=O) groups excluding carboxylic acids is 2. The largest absolute Gasteiger partial charge is 0.515 e. The Morgan fingerprint density at radius 1 is 1.12 bits per heavy atom. The van der Waals surface area contributed by atoms with Crippen molar-refractivity contribution >= 4 is 11.8 Å². The number of aliphatic hydroxyl groups excluding tert-OH is 1. The van der Waals surface area contributed by atoms with Crippen molar-refractivity contribution in [1.29, 1.82) is 0 Å². The first-order valence-corrected chi connectivity index (χ1v) is 9.46. The van der Waals surface area contributed by atoms with Crippen molar-refractivity contribution in [2.75, 3.05) is 0 Å². The minimum absolute atomic E-state index is 0.0409. The van der Waals surface area contributed by atoms with Crippen LogP contribution in [0.2, 0.25) is 0 Å². The highest BCUT2D eigenvalue weighted by atomic mass is 16.6. The van der Waals surface area contributed by atoms with Crippen LogP contribution in [0.3, 0.4) is 0 Å². The normalized spacial score (nSPS) is 49.8. The number of aliphatic hydroxyl groups is 1. The maximum absolute atomic E-state index is 12.2. The van der Waals surface area contributed by atoms with E-state index < -0.39 is 0 Å². The lowest BCUT2D eigenvalue weighted by Gasteiger charge is -2.61. The van der Waals surface area contributed by atoms with Crippen LogP contribution >= 0.6 is 0 Å². The van der Waals surface area contributed by atoms with E-state index in [-0.39, 0.29) is 22.8 Å². The molecule has 1 heterocycles. The van der Waals surface area contributed by atoms with E-state index in [0.29, 0.717) is 48.5 Å². The third-order valence-electron chi connectivity index (χ3n) is 7.92. The van der Waals surface area contributed by atoms with Crippen LogP contribution in [0.5, 0.6) is 0 Å². The molecule has 6 unspecified atom stereocenters. The van der Waals surface area contributed by atoms with E-state index in [2.05, 4.69) is 13.8 Å². The van der Waals surface area contributed by atoms with Crippen molar-refractivity contribution in [3.05, 3.63) is 11.8 Å². The number of ketones is 1. The third kappa shape index (κ3) is 2.18. The topological polar surface area (TPSA) is 63.6 Å². The van der Waals surface area contributed by atoms with E-state index in [1.807, 2.05) is 0 Å². The van der Waals surface area contributed by atoms with Crippen LogP contribution < -0.4 is 0 Å². The highest BCUT2D eigenvalue weighted by molar-refractivity contribution is 5.96. The molecule has 132 valence electrons. The predicted molar refractivity (Wildman–Crippen MR) is 89.2 cm³/mol. The summed E-state index contributed by atoms with van der Waals surface area (Å²) in [6.45, 7) is 4.46. The van der Waals surface area contributed by atoms with E-state index in [1.54, 1.807) is 0 Å². The Balaban J connectivity index is 1.65. The summed E-state index contributed by atoms with van der Waals surface area (Å²) in [5, 5.41) is 9.48. The number of allylic oxidation sites excluding steroid dienone is 1. The Labute approximate surface area is 143 Å². The van der Waals surface area contributed by atoms with Gasteiger partial charge in [0.05, 0.1) is 6.26 Å². The molecule has 4 aliphatic rings. The molecule has 0 radical (unpaired) electrons. The van der Waals surface area contributed by atoms with Crippen LogP contribution in [0.4, 0.5) is 0 Å². The summed E-state index contributed by atoms with van der Waals surface area (Å²) in [6, 6.07) is 0. The Morgan fingerprint density at radius 3 is 2.67 bits per heavy atom. The van der Waals surface area contributed by atoms with Gasteiger partial charge in [0.1, 0.15) is 5.60 Å². The maximum atomic E-state index is 12.2. The Morgan fingerprint density at radius 2 is 1.92 bits per heavy atom. The van der Waals surface area contributed by atoms with Gasteiger partial charge in [0.25, 0.3) is 0 Å². The Kier molecular flexibility index (Phi) is 3.59. The molecular formula is C20H28O4. The number of hydrogen-bond donors (Lipinski definition) is 1. The second-order valence-electron chi connectivity index (χ2n) is 8.98. The van der Waals surface area contributed by atoms with Crippen molar-refractivity contribution in [2.45, 2.75) is 70.8 Å². The number of carbonyl (C=O) groups is 2. The molecule has 4 nitrogen and oxygen atoms in total. The zero-order chi connectivity index (χ0) is 17.1. The Hall–Kier alpha value is -1.32. The second kappa shape index (κ2) is 5.34. The summed E-state index contributed by atoms with van der Waals surface area (Å²) >= 11 is 0. The van der Waals surface area contributed by atoms with Crippen LogP contribution in [-0.4, -0.2) is 22.5 Å². The van der Waals surface area contributed by atoms with Crippen LogP contribution in [0, 0.1) is 29.1 Å². The monoisotopic (exact) mass is 332 g/mol. The number of fused-ring (bicyclic) bond motifs is 5. The molecule has 0 aromatic rings. The van der Waals surface area contributed by atoms with Crippen molar-refractivity contribution in [3.8, 4) is 0 Å². The summed E-state index contributed by atoms with van der Waals surface area (Å²) < 4.78 is 5.81. The fourth-order valence-corrected chi connectivity index (χ4v) is 6.64. The zero-order valence-electron chi connectivity index (χ0n) is 14.7. The average Bonchev–Trinajstić information content (AvgIpc) is 2.53. The van der Waals surface area contributed by atoms with Crippen molar-refractivity contribution in [3.63, 3.8) is 0 Å². The van der Waals surface area contributed by atoms with Gasteiger partial charge in [-0.25, -0.2) is 0 Å². The van der Waals surface area contributed by atoms with Crippen LogP contribution in [-0.2, 0) is 14.3 Å². The summed E-state index contributed by atoms with van der Waals surface area (Å²) in [5.74, 6) is 2.11. The fourth-order valence-electron chi connectivity index (χ4n) is 6.64. The smallest absolute Gasteiger partial charge is 0.306 e. The molecule has 1 saturated heterocycles.